The molecular formula is C20H17NO5. The van der Waals surface area contributed by atoms with Crippen LogP contribution in [-0.4, -0.2) is 18.5 Å². The summed E-state index contributed by atoms with van der Waals surface area (Å²) in [7, 11) is 0. The van der Waals surface area contributed by atoms with E-state index in [9.17, 15) is 14.4 Å². The summed E-state index contributed by atoms with van der Waals surface area (Å²) in [6.07, 6.45) is 0.747. The molecular weight excluding hydrogens is 334 g/mol. The molecule has 6 heteroatoms. The van der Waals surface area contributed by atoms with Crippen molar-refractivity contribution in [3.05, 3.63) is 76.1 Å². The van der Waals surface area contributed by atoms with Gasteiger partial charge >= 0.3 is 5.97 Å². The summed E-state index contributed by atoms with van der Waals surface area (Å²) >= 11 is 0. The Labute approximate surface area is 149 Å². The van der Waals surface area contributed by atoms with Crippen LogP contribution in [0.4, 0.5) is 5.69 Å². The zero-order valence-electron chi connectivity index (χ0n) is 14.2. The van der Waals surface area contributed by atoms with Crippen LogP contribution in [0.2, 0.25) is 0 Å². The molecule has 0 aliphatic rings. The minimum Gasteiger partial charge on any atom is -0.462 e. The Morgan fingerprint density at radius 1 is 1.08 bits per heavy atom. The highest BCUT2D eigenvalue weighted by Gasteiger charge is 2.13. The summed E-state index contributed by atoms with van der Waals surface area (Å²) in [5.41, 5.74) is 0.928. The number of hydrogen-bond acceptors (Lipinski definition) is 5. The molecule has 2 aromatic carbocycles. The predicted molar refractivity (Wildman–Crippen MR) is 97.5 cm³/mol. The number of fused-ring (bicyclic) bond motifs is 1. The zero-order valence-corrected chi connectivity index (χ0v) is 14.2. The van der Waals surface area contributed by atoms with Gasteiger partial charge in [0.25, 0.3) is 5.91 Å². The maximum atomic E-state index is 12.3. The molecule has 1 N–H and O–H groups in total. The second-order valence-electron chi connectivity index (χ2n) is 5.64. The lowest BCUT2D eigenvalue weighted by Gasteiger charge is -2.07. The SMILES string of the molecule is CCCOC(=O)c1ccc(NC(=O)c2cc(=O)c3ccccc3o2)cc1. The third-order valence-electron chi connectivity index (χ3n) is 3.67. The maximum Gasteiger partial charge on any atom is 0.338 e. The number of rotatable bonds is 5. The van der Waals surface area contributed by atoms with Crippen molar-refractivity contribution >= 4 is 28.5 Å². The molecule has 132 valence electrons. The lowest BCUT2D eigenvalue weighted by molar-refractivity contribution is 0.0505. The Kier molecular flexibility index (Phi) is 5.12. The Bertz CT molecular complexity index is 1000. The third kappa shape index (κ3) is 3.80. The van der Waals surface area contributed by atoms with Crippen LogP contribution in [0.1, 0.15) is 34.3 Å². The average Bonchev–Trinajstić information content (AvgIpc) is 2.66. The first-order valence-electron chi connectivity index (χ1n) is 8.20. The number of carbonyl (C=O) groups excluding carboxylic acids is 2. The summed E-state index contributed by atoms with van der Waals surface area (Å²) < 4.78 is 10.5. The highest BCUT2D eigenvalue weighted by Crippen LogP contribution is 2.15. The molecule has 0 spiro atoms. The molecule has 0 atom stereocenters. The van der Waals surface area contributed by atoms with Crippen molar-refractivity contribution in [2.24, 2.45) is 0 Å². The number of anilines is 1. The van der Waals surface area contributed by atoms with Crippen molar-refractivity contribution in [2.45, 2.75) is 13.3 Å². The summed E-state index contributed by atoms with van der Waals surface area (Å²) in [6.45, 7) is 2.27. The van der Waals surface area contributed by atoms with Gasteiger partial charge in [-0.05, 0) is 42.8 Å². The lowest BCUT2D eigenvalue weighted by Crippen LogP contribution is -2.15. The van der Waals surface area contributed by atoms with Crippen LogP contribution in [0.3, 0.4) is 0 Å². The van der Waals surface area contributed by atoms with E-state index in [1.165, 1.54) is 0 Å². The molecule has 3 aromatic rings. The standard InChI is InChI=1S/C20H17NO5/c1-2-11-25-20(24)13-7-9-14(10-8-13)21-19(23)18-12-16(22)15-5-3-4-6-17(15)26-18/h3-10,12H,2,11H2,1H3,(H,21,23). The van der Waals surface area contributed by atoms with Crippen LogP contribution in [0.15, 0.2) is 63.8 Å². The molecule has 0 saturated heterocycles. The van der Waals surface area contributed by atoms with Gasteiger partial charge in [-0.15, -0.1) is 0 Å². The van der Waals surface area contributed by atoms with Crippen molar-refractivity contribution in [3.63, 3.8) is 0 Å². The number of ether oxygens (including phenoxy) is 1. The molecule has 3 rings (SSSR count). The predicted octanol–water partition coefficient (Wildman–Crippen LogP) is 3.61. The molecule has 1 aromatic heterocycles. The Morgan fingerprint density at radius 2 is 1.81 bits per heavy atom. The second kappa shape index (κ2) is 7.65. The molecule has 0 aliphatic carbocycles. The lowest BCUT2D eigenvalue weighted by atomic mass is 10.2. The van der Waals surface area contributed by atoms with Crippen molar-refractivity contribution < 1.29 is 18.7 Å². The number of nitrogens with one attached hydrogen (secondary N) is 1. The van der Waals surface area contributed by atoms with E-state index in [0.717, 1.165) is 12.5 Å². The van der Waals surface area contributed by atoms with Gasteiger partial charge in [-0.3, -0.25) is 9.59 Å². The third-order valence-corrected chi connectivity index (χ3v) is 3.67. The van der Waals surface area contributed by atoms with E-state index in [-0.39, 0.29) is 11.2 Å². The Morgan fingerprint density at radius 3 is 2.54 bits per heavy atom. The van der Waals surface area contributed by atoms with Gasteiger partial charge in [-0.1, -0.05) is 19.1 Å². The highest BCUT2D eigenvalue weighted by molar-refractivity contribution is 6.03. The Balaban J connectivity index is 1.76. The smallest absolute Gasteiger partial charge is 0.338 e. The fourth-order valence-electron chi connectivity index (χ4n) is 2.38. The monoisotopic (exact) mass is 351 g/mol. The number of para-hydroxylation sites is 1. The first kappa shape index (κ1) is 17.4. The van der Waals surface area contributed by atoms with Gasteiger partial charge in [0, 0.05) is 11.8 Å². The summed E-state index contributed by atoms with van der Waals surface area (Å²) in [6, 6.07) is 14.2. The van der Waals surface area contributed by atoms with E-state index in [4.69, 9.17) is 9.15 Å². The molecule has 0 aliphatic heterocycles. The average molecular weight is 351 g/mol. The fraction of sp³-hybridized carbons (Fsp3) is 0.150. The maximum absolute atomic E-state index is 12.3. The van der Waals surface area contributed by atoms with Crippen LogP contribution in [-0.2, 0) is 4.74 Å². The van der Waals surface area contributed by atoms with Crippen LogP contribution in [0.25, 0.3) is 11.0 Å². The molecule has 6 nitrogen and oxygen atoms in total. The van der Waals surface area contributed by atoms with E-state index in [0.29, 0.717) is 28.8 Å². The minimum absolute atomic E-state index is 0.0832. The number of amides is 1. The van der Waals surface area contributed by atoms with Crippen LogP contribution >= 0.6 is 0 Å². The second-order valence-corrected chi connectivity index (χ2v) is 5.64. The normalized spacial score (nSPS) is 10.5. The largest absolute Gasteiger partial charge is 0.462 e. The van der Waals surface area contributed by atoms with Crippen molar-refractivity contribution in [1.29, 1.82) is 0 Å². The van der Waals surface area contributed by atoms with Crippen molar-refractivity contribution in [3.8, 4) is 0 Å². The first-order chi connectivity index (χ1) is 12.6. The Hall–Kier alpha value is -3.41. The molecule has 0 fully saturated rings. The van der Waals surface area contributed by atoms with Gasteiger partial charge in [0.15, 0.2) is 11.2 Å². The van der Waals surface area contributed by atoms with E-state index in [1.54, 1.807) is 48.5 Å². The minimum atomic E-state index is -0.547. The quantitative estimate of drug-likeness (QED) is 0.710. The topological polar surface area (TPSA) is 85.6 Å². The van der Waals surface area contributed by atoms with Crippen LogP contribution in [0, 0.1) is 0 Å². The summed E-state index contributed by atoms with van der Waals surface area (Å²) in [5, 5.41) is 3.05. The highest BCUT2D eigenvalue weighted by atomic mass is 16.5. The van der Waals surface area contributed by atoms with Gasteiger partial charge in [0.05, 0.1) is 17.6 Å². The number of hydrogen-bond donors (Lipinski definition) is 1. The number of carbonyl (C=O) groups is 2. The molecule has 26 heavy (non-hydrogen) atoms. The van der Waals surface area contributed by atoms with E-state index >= 15 is 0 Å². The van der Waals surface area contributed by atoms with Crippen LogP contribution < -0.4 is 10.7 Å². The first-order valence-corrected chi connectivity index (χ1v) is 8.20. The molecule has 1 amide bonds. The van der Waals surface area contributed by atoms with Gasteiger partial charge < -0.3 is 14.5 Å². The number of benzene rings is 2. The van der Waals surface area contributed by atoms with E-state index < -0.39 is 11.9 Å². The van der Waals surface area contributed by atoms with Crippen molar-refractivity contribution in [1.82, 2.24) is 0 Å². The summed E-state index contributed by atoms with van der Waals surface area (Å²) in [4.78, 5) is 36.2. The molecule has 0 unspecified atom stereocenters. The van der Waals surface area contributed by atoms with E-state index in [1.807, 2.05) is 6.92 Å². The molecule has 0 saturated carbocycles. The van der Waals surface area contributed by atoms with Gasteiger partial charge in [0.2, 0.25) is 0 Å². The van der Waals surface area contributed by atoms with Gasteiger partial charge in [-0.25, -0.2) is 4.79 Å². The number of esters is 1. The summed E-state index contributed by atoms with van der Waals surface area (Å²) in [5.74, 6) is -1.04. The zero-order chi connectivity index (χ0) is 18.5. The molecule has 0 bridgehead atoms. The van der Waals surface area contributed by atoms with Gasteiger partial charge in [-0.2, -0.15) is 0 Å². The molecule has 0 radical (unpaired) electrons. The van der Waals surface area contributed by atoms with Crippen LogP contribution in [0.5, 0.6) is 0 Å². The molecule has 1 heterocycles. The van der Waals surface area contributed by atoms with Gasteiger partial charge in [0.1, 0.15) is 5.58 Å². The fourth-order valence-corrected chi connectivity index (χ4v) is 2.38. The van der Waals surface area contributed by atoms with E-state index in [2.05, 4.69) is 5.32 Å². The van der Waals surface area contributed by atoms with Crippen molar-refractivity contribution in [2.75, 3.05) is 11.9 Å².